The summed E-state index contributed by atoms with van der Waals surface area (Å²) in [5.74, 6) is 4.44. The number of carbonyl (C=O) groups excluding carboxylic acids is 1. The van der Waals surface area contributed by atoms with E-state index in [9.17, 15) is 20.1 Å². The van der Waals surface area contributed by atoms with Crippen LogP contribution in [0.4, 0.5) is 0 Å². The third-order valence-electron chi connectivity index (χ3n) is 13.1. The predicted octanol–water partition coefficient (Wildman–Crippen LogP) is 5.83. The smallest absolute Gasteiger partial charge is 0.189 e. The normalized spacial score (nSPS) is 35.8. The zero-order valence-corrected chi connectivity index (χ0v) is 30.4. The lowest BCUT2D eigenvalue weighted by atomic mass is 9.47. The molecule has 6 rings (SSSR count). The second kappa shape index (κ2) is 14.4. The molecule has 0 radical (unpaired) electrons. The molecule has 0 saturated heterocycles. The van der Waals surface area contributed by atoms with E-state index in [-0.39, 0.29) is 53.9 Å². The highest BCUT2D eigenvalue weighted by Gasteiger charge is 2.69. The largest absolute Gasteiger partial charge is 0.396 e. The fraction of sp³-hybridized carbons (Fsp3) is 0.737. The van der Waals surface area contributed by atoms with Gasteiger partial charge in [-0.15, -0.1) is 0 Å². The minimum Gasteiger partial charge on any atom is -0.396 e. The summed E-state index contributed by atoms with van der Waals surface area (Å²) in [6, 6.07) is 6.55. The number of aliphatic hydroxyl groups is 3. The van der Waals surface area contributed by atoms with Crippen LogP contribution in [-0.4, -0.2) is 63.9 Å². The molecule has 0 aromatic heterocycles. The van der Waals surface area contributed by atoms with Crippen molar-refractivity contribution >= 4 is 33.3 Å². The fourth-order valence-corrected chi connectivity index (χ4v) is 13.7. The van der Waals surface area contributed by atoms with E-state index < -0.39 is 0 Å². The molecule has 2 saturated carbocycles. The maximum Gasteiger partial charge on any atom is 0.189 e. The minimum atomic E-state index is -0.270. The van der Waals surface area contributed by atoms with Crippen molar-refractivity contribution in [2.75, 3.05) is 31.3 Å². The van der Waals surface area contributed by atoms with Gasteiger partial charge in [-0.3, -0.25) is 9.79 Å². The Morgan fingerprint density at radius 3 is 2.72 bits per heavy atom. The summed E-state index contributed by atoms with van der Waals surface area (Å²) in [5.41, 5.74) is 12.0. The second-order valence-electron chi connectivity index (χ2n) is 16.0. The first-order valence-corrected chi connectivity index (χ1v) is 20.6. The average Bonchev–Trinajstić information content (AvgIpc) is 3.37. The summed E-state index contributed by atoms with van der Waals surface area (Å²) < 4.78 is 0. The van der Waals surface area contributed by atoms with Crippen molar-refractivity contribution in [1.29, 1.82) is 0 Å². The zero-order chi connectivity index (χ0) is 33.4. The number of allylic oxidation sites excluding steroid dienone is 2. The van der Waals surface area contributed by atoms with Crippen LogP contribution in [0.2, 0.25) is 0 Å². The van der Waals surface area contributed by atoms with Crippen LogP contribution in [0, 0.1) is 40.4 Å². The van der Waals surface area contributed by atoms with Gasteiger partial charge < -0.3 is 26.4 Å². The molecule has 5 aliphatic rings. The molecule has 2 fully saturated rings. The second-order valence-corrected chi connectivity index (χ2v) is 18.5. The van der Waals surface area contributed by atoms with E-state index in [1.54, 1.807) is 0 Å². The quantitative estimate of drug-likeness (QED) is 0.206. The molecule has 47 heavy (non-hydrogen) atoms. The van der Waals surface area contributed by atoms with E-state index in [0.29, 0.717) is 36.5 Å². The van der Waals surface area contributed by atoms with Crippen LogP contribution >= 0.6 is 21.6 Å². The van der Waals surface area contributed by atoms with Gasteiger partial charge in [-0.2, -0.15) is 0 Å². The number of nitrogens with zero attached hydrogens (tertiary/aromatic N) is 1. The van der Waals surface area contributed by atoms with Gasteiger partial charge >= 0.3 is 0 Å². The first kappa shape index (κ1) is 35.3. The predicted molar refractivity (Wildman–Crippen MR) is 194 cm³/mol. The van der Waals surface area contributed by atoms with Gasteiger partial charge in [0.2, 0.25) is 0 Å². The Bertz CT molecular complexity index is 1380. The molecule has 5 bridgehead atoms. The first-order valence-electron chi connectivity index (χ1n) is 18.1. The van der Waals surface area contributed by atoms with Crippen LogP contribution in [0.3, 0.4) is 0 Å². The molecular formula is C38H57N3O4S2. The number of hydrogen-bond donors (Lipinski definition) is 5. The molecule has 260 valence electrons. The number of nitrogens with one attached hydrogen (secondary N) is 1. The van der Waals surface area contributed by atoms with Crippen LogP contribution in [-0.2, 0) is 24.2 Å². The van der Waals surface area contributed by atoms with E-state index in [1.165, 1.54) is 16.7 Å². The van der Waals surface area contributed by atoms with Gasteiger partial charge in [0.25, 0.3) is 0 Å². The lowest BCUT2D eigenvalue weighted by Gasteiger charge is -2.57. The Labute approximate surface area is 289 Å². The Morgan fingerprint density at radius 1 is 1.15 bits per heavy atom. The van der Waals surface area contributed by atoms with Crippen molar-refractivity contribution in [3.8, 4) is 0 Å². The van der Waals surface area contributed by atoms with Gasteiger partial charge in [0.05, 0.1) is 12.1 Å². The van der Waals surface area contributed by atoms with Crippen LogP contribution in [0.1, 0.15) is 95.2 Å². The van der Waals surface area contributed by atoms with E-state index >= 15 is 0 Å². The fourth-order valence-electron chi connectivity index (χ4n) is 10.8. The number of ketones is 1. The maximum atomic E-state index is 14.1. The number of hydrogen-bond acceptors (Lipinski definition) is 9. The summed E-state index contributed by atoms with van der Waals surface area (Å²) in [5, 5.41) is 34.4. The number of aliphatic imine (C=N–C) groups is 1. The van der Waals surface area contributed by atoms with E-state index in [1.807, 2.05) is 21.6 Å². The Hall–Kier alpha value is -1.52. The Balaban J connectivity index is 1.33. The molecule has 2 spiro atoms. The standard InChI is InChI=1S/C38H57N3O4S2/c1-24(2)14-25-8-9-26(21-43)27(15-25)16-30-20-40-35(39)41-37(30)10-4-6-31-33-18-29-17-28(22-44)32(7-5-12-42)38(33,19-34(31)45)36(29,3)11-13-46-47-23-37/h8-9,15,24,28-30,32,42-44H,4-7,10-14,16-23H2,1-3H3,(H3,39,40,41)/t28-,29-,30+,32-,36+,37-,38+/m1/s1. The lowest BCUT2D eigenvalue weighted by Crippen LogP contribution is -2.62. The first-order chi connectivity index (χ1) is 22.6. The van der Waals surface area contributed by atoms with Gasteiger partial charge in [0.1, 0.15) is 0 Å². The molecule has 2 heterocycles. The van der Waals surface area contributed by atoms with Crippen molar-refractivity contribution in [2.45, 2.75) is 104 Å². The summed E-state index contributed by atoms with van der Waals surface area (Å²) >= 11 is 0. The molecule has 7 nitrogen and oxygen atoms in total. The highest BCUT2D eigenvalue weighted by atomic mass is 33.1. The monoisotopic (exact) mass is 683 g/mol. The topological polar surface area (TPSA) is 128 Å². The van der Waals surface area contributed by atoms with Crippen molar-refractivity contribution in [1.82, 2.24) is 5.32 Å². The number of rotatable bonds is 9. The molecule has 1 aromatic carbocycles. The number of Topliss-reactive ketones (excluding diaryl/α,β-unsaturated/α-hetero) is 1. The average molecular weight is 684 g/mol. The number of carbonyl (C=O) groups is 1. The molecular weight excluding hydrogens is 627 g/mol. The molecule has 7 atom stereocenters. The van der Waals surface area contributed by atoms with Crippen LogP contribution < -0.4 is 11.1 Å². The van der Waals surface area contributed by atoms with Crippen molar-refractivity contribution in [3.63, 3.8) is 0 Å². The van der Waals surface area contributed by atoms with E-state index in [0.717, 1.165) is 86.9 Å². The van der Waals surface area contributed by atoms with Gasteiger partial charge in [0.15, 0.2) is 11.7 Å². The molecule has 2 aliphatic heterocycles. The van der Waals surface area contributed by atoms with Gasteiger partial charge in [0, 0.05) is 49.0 Å². The van der Waals surface area contributed by atoms with Gasteiger partial charge in [-0.1, -0.05) is 66.1 Å². The molecule has 0 unspecified atom stereocenters. The van der Waals surface area contributed by atoms with Crippen molar-refractivity contribution < 1.29 is 20.1 Å². The number of benzene rings is 1. The summed E-state index contributed by atoms with van der Waals surface area (Å²) in [6.07, 6.45) is 9.66. The molecule has 9 heteroatoms. The summed E-state index contributed by atoms with van der Waals surface area (Å²) in [6.45, 7) is 7.95. The van der Waals surface area contributed by atoms with Crippen molar-refractivity contribution in [3.05, 3.63) is 46.0 Å². The van der Waals surface area contributed by atoms with Crippen molar-refractivity contribution in [2.24, 2.45) is 51.1 Å². The number of guanidine groups is 1. The third kappa shape index (κ3) is 6.34. The number of nitrogens with two attached hydrogens (primary N) is 1. The molecule has 6 N–H and O–H groups in total. The van der Waals surface area contributed by atoms with E-state index in [2.05, 4.69) is 44.3 Å². The summed E-state index contributed by atoms with van der Waals surface area (Å²) in [4.78, 5) is 18.8. The van der Waals surface area contributed by atoms with Gasteiger partial charge in [-0.25, -0.2) is 0 Å². The van der Waals surface area contributed by atoms with Crippen LogP contribution in [0.5, 0.6) is 0 Å². The number of aliphatic hydroxyl groups excluding tert-OH is 3. The Kier molecular flexibility index (Phi) is 10.8. The third-order valence-corrected chi connectivity index (χ3v) is 15.6. The van der Waals surface area contributed by atoms with Crippen LogP contribution in [0.25, 0.3) is 0 Å². The maximum absolute atomic E-state index is 14.1. The summed E-state index contributed by atoms with van der Waals surface area (Å²) in [7, 11) is 3.91. The van der Waals surface area contributed by atoms with Gasteiger partial charge in [-0.05, 0) is 116 Å². The zero-order valence-electron chi connectivity index (χ0n) is 28.7. The SMILES string of the molecule is CC(C)Cc1ccc(CO)c(C[C@H]2CN=C(N)N[C@@]23CCCC2=C4C[C@H]5C[C@H](CO)[C@@H](CCCO)[C@]4(CC2=O)[C@@]5(C)CCSSC3)c1. The minimum absolute atomic E-state index is 0.0231. The molecule has 1 aromatic rings. The van der Waals surface area contributed by atoms with Crippen LogP contribution in [0.15, 0.2) is 34.3 Å². The molecule has 0 amide bonds. The van der Waals surface area contributed by atoms with E-state index in [4.69, 9.17) is 10.7 Å². The highest BCUT2D eigenvalue weighted by molar-refractivity contribution is 8.76. The highest BCUT2D eigenvalue weighted by Crippen LogP contribution is 2.75. The molecule has 3 aliphatic carbocycles. The lowest BCUT2D eigenvalue weighted by molar-refractivity contribution is -0.125. The Morgan fingerprint density at radius 2 is 1.98 bits per heavy atom.